The Hall–Kier alpha value is -3.32. The minimum Gasteiger partial charge on any atom is -0.344 e. The predicted octanol–water partition coefficient (Wildman–Crippen LogP) is 3.60. The van der Waals surface area contributed by atoms with Crippen molar-refractivity contribution in [3.63, 3.8) is 0 Å². The maximum atomic E-state index is 11.6. The standard InChI is InChI=1S/C19H13N5OS/c1-24-9-12(3-5-17(24)25)15-8-21-19-18(23-15)13(7-20-19)11-2-4-14-16(6-11)26-10-22-14/h2-10H,1H3,(H,20,21). The highest BCUT2D eigenvalue weighted by Crippen LogP contribution is 2.31. The fraction of sp³-hybridized carbons (Fsp3) is 0.0526. The lowest BCUT2D eigenvalue weighted by molar-refractivity contribution is 0.861. The Balaban J connectivity index is 1.69. The van der Waals surface area contributed by atoms with Crippen LogP contribution in [0.15, 0.2) is 59.2 Å². The van der Waals surface area contributed by atoms with Crippen molar-refractivity contribution in [1.29, 1.82) is 0 Å². The van der Waals surface area contributed by atoms with E-state index in [1.807, 2.05) is 23.8 Å². The molecule has 0 aliphatic heterocycles. The molecule has 0 amide bonds. The van der Waals surface area contributed by atoms with Gasteiger partial charge in [-0.25, -0.2) is 15.0 Å². The largest absolute Gasteiger partial charge is 0.344 e. The highest BCUT2D eigenvalue weighted by molar-refractivity contribution is 7.16. The summed E-state index contributed by atoms with van der Waals surface area (Å²) in [5, 5.41) is 0. The van der Waals surface area contributed by atoms with Crippen LogP contribution in [0.2, 0.25) is 0 Å². The van der Waals surface area contributed by atoms with Crippen LogP contribution in [0.25, 0.3) is 43.8 Å². The first-order valence-electron chi connectivity index (χ1n) is 8.04. The summed E-state index contributed by atoms with van der Waals surface area (Å²) >= 11 is 1.62. The molecule has 6 nitrogen and oxygen atoms in total. The summed E-state index contributed by atoms with van der Waals surface area (Å²) in [5.41, 5.74) is 7.98. The summed E-state index contributed by atoms with van der Waals surface area (Å²) < 4.78 is 2.68. The molecule has 0 radical (unpaired) electrons. The monoisotopic (exact) mass is 359 g/mol. The Morgan fingerprint density at radius 2 is 2.00 bits per heavy atom. The number of pyridine rings is 1. The molecular formula is C19H13N5OS. The number of hydrogen-bond donors (Lipinski definition) is 1. The zero-order chi connectivity index (χ0) is 17.7. The van der Waals surface area contributed by atoms with Gasteiger partial charge >= 0.3 is 0 Å². The molecule has 0 atom stereocenters. The normalized spacial score (nSPS) is 11.4. The van der Waals surface area contributed by atoms with E-state index in [1.165, 1.54) is 10.6 Å². The molecule has 0 fully saturated rings. The molecule has 1 aromatic carbocycles. The van der Waals surface area contributed by atoms with E-state index in [0.29, 0.717) is 0 Å². The van der Waals surface area contributed by atoms with E-state index >= 15 is 0 Å². The molecular weight excluding hydrogens is 346 g/mol. The number of hydrogen-bond acceptors (Lipinski definition) is 5. The van der Waals surface area contributed by atoms with Crippen LogP contribution in [0, 0.1) is 0 Å². The van der Waals surface area contributed by atoms with Gasteiger partial charge in [-0.3, -0.25) is 4.79 Å². The zero-order valence-electron chi connectivity index (χ0n) is 13.8. The number of benzene rings is 1. The average Bonchev–Trinajstić information content (AvgIpc) is 3.29. The molecule has 0 aliphatic carbocycles. The molecule has 7 heteroatoms. The lowest BCUT2D eigenvalue weighted by Gasteiger charge is -2.04. The maximum Gasteiger partial charge on any atom is 0.250 e. The Bertz CT molecular complexity index is 1330. The third-order valence-corrected chi connectivity index (χ3v) is 5.20. The average molecular weight is 359 g/mol. The quantitative estimate of drug-likeness (QED) is 0.522. The number of nitrogens with one attached hydrogen (secondary N) is 1. The smallest absolute Gasteiger partial charge is 0.250 e. The van der Waals surface area contributed by atoms with Crippen LogP contribution >= 0.6 is 11.3 Å². The molecule has 4 aromatic heterocycles. The molecule has 26 heavy (non-hydrogen) atoms. The van der Waals surface area contributed by atoms with Gasteiger partial charge in [-0.1, -0.05) is 6.07 Å². The van der Waals surface area contributed by atoms with Crippen LogP contribution in [0.5, 0.6) is 0 Å². The van der Waals surface area contributed by atoms with Crippen molar-refractivity contribution in [2.24, 2.45) is 7.05 Å². The number of rotatable bonds is 2. The van der Waals surface area contributed by atoms with Crippen molar-refractivity contribution in [3.8, 4) is 22.4 Å². The van der Waals surface area contributed by atoms with E-state index in [9.17, 15) is 4.79 Å². The third kappa shape index (κ3) is 2.33. The van der Waals surface area contributed by atoms with E-state index in [-0.39, 0.29) is 5.56 Å². The minimum atomic E-state index is -0.0528. The Labute approximate surface area is 151 Å². The third-order valence-electron chi connectivity index (χ3n) is 4.40. The highest BCUT2D eigenvalue weighted by Gasteiger charge is 2.12. The summed E-state index contributed by atoms with van der Waals surface area (Å²) in [6.07, 6.45) is 5.42. The summed E-state index contributed by atoms with van der Waals surface area (Å²) in [6, 6.07) is 9.50. The molecule has 0 aliphatic rings. The molecule has 0 unspecified atom stereocenters. The number of nitrogens with zero attached hydrogens (tertiary/aromatic N) is 4. The van der Waals surface area contributed by atoms with Crippen LogP contribution < -0.4 is 5.56 Å². The number of aromatic nitrogens is 5. The van der Waals surface area contributed by atoms with Gasteiger partial charge in [-0.15, -0.1) is 11.3 Å². The van der Waals surface area contributed by atoms with Gasteiger partial charge in [0.1, 0.15) is 5.52 Å². The molecule has 126 valence electrons. The van der Waals surface area contributed by atoms with Gasteiger partial charge in [0.05, 0.1) is 27.6 Å². The Kier molecular flexibility index (Phi) is 3.23. The molecule has 0 bridgehead atoms. The van der Waals surface area contributed by atoms with Crippen molar-refractivity contribution in [1.82, 2.24) is 24.5 Å². The lowest BCUT2D eigenvalue weighted by Crippen LogP contribution is -2.14. The van der Waals surface area contributed by atoms with Crippen LogP contribution in [0.3, 0.4) is 0 Å². The summed E-state index contributed by atoms with van der Waals surface area (Å²) in [6.45, 7) is 0. The predicted molar refractivity (Wildman–Crippen MR) is 103 cm³/mol. The minimum absolute atomic E-state index is 0.0528. The van der Waals surface area contributed by atoms with Gasteiger partial charge in [0.25, 0.3) is 0 Å². The van der Waals surface area contributed by atoms with Crippen molar-refractivity contribution >= 4 is 32.7 Å². The number of aromatic amines is 1. The second-order valence-electron chi connectivity index (χ2n) is 6.06. The van der Waals surface area contributed by atoms with Crippen molar-refractivity contribution in [2.75, 3.05) is 0 Å². The van der Waals surface area contributed by atoms with Gasteiger partial charge in [0.2, 0.25) is 5.56 Å². The fourth-order valence-corrected chi connectivity index (χ4v) is 3.73. The Morgan fingerprint density at radius 3 is 2.88 bits per heavy atom. The maximum absolute atomic E-state index is 11.6. The number of thiazole rings is 1. The fourth-order valence-electron chi connectivity index (χ4n) is 3.02. The van der Waals surface area contributed by atoms with Gasteiger partial charge in [-0.2, -0.15) is 0 Å². The van der Waals surface area contributed by atoms with Gasteiger partial charge in [0, 0.05) is 36.6 Å². The first-order valence-corrected chi connectivity index (χ1v) is 8.92. The van der Waals surface area contributed by atoms with Crippen molar-refractivity contribution in [2.45, 2.75) is 0 Å². The molecule has 1 N–H and O–H groups in total. The summed E-state index contributed by atoms with van der Waals surface area (Å²) in [7, 11) is 1.73. The first kappa shape index (κ1) is 15.0. The topological polar surface area (TPSA) is 76.5 Å². The highest BCUT2D eigenvalue weighted by atomic mass is 32.1. The van der Waals surface area contributed by atoms with Crippen LogP contribution in [-0.2, 0) is 7.05 Å². The van der Waals surface area contributed by atoms with Gasteiger partial charge < -0.3 is 9.55 Å². The molecule has 4 heterocycles. The molecule has 5 aromatic rings. The molecule has 0 saturated heterocycles. The van der Waals surface area contributed by atoms with Crippen molar-refractivity contribution in [3.05, 3.63) is 64.8 Å². The molecule has 5 rings (SSSR count). The SMILES string of the molecule is Cn1cc(-c2cnc3[nH]cc(-c4ccc5ncsc5c4)c3n2)ccc1=O. The summed E-state index contributed by atoms with van der Waals surface area (Å²) in [4.78, 5) is 28.4. The van der Waals surface area contributed by atoms with Crippen molar-refractivity contribution < 1.29 is 0 Å². The van der Waals surface area contributed by atoms with E-state index in [1.54, 1.807) is 36.8 Å². The van der Waals surface area contributed by atoms with Gasteiger partial charge in [-0.05, 0) is 23.8 Å². The van der Waals surface area contributed by atoms with E-state index in [0.717, 1.165) is 43.8 Å². The molecule has 0 spiro atoms. The van der Waals surface area contributed by atoms with E-state index < -0.39 is 0 Å². The van der Waals surface area contributed by atoms with E-state index in [4.69, 9.17) is 4.98 Å². The van der Waals surface area contributed by atoms with Crippen LogP contribution in [0.4, 0.5) is 0 Å². The second-order valence-corrected chi connectivity index (χ2v) is 6.94. The number of aryl methyl sites for hydroxylation is 1. The Morgan fingerprint density at radius 1 is 1.12 bits per heavy atom. The van der Waals surface area contributed by atoms with Crippen LogP contribution in [-0.4, -0.2) is 24.5 Å². The second kappa shape index (κ2) is 5.60. The lowest BCUT2D eigenvalue weighted by atomic mass is 10.1. The number of fused-ring (bicyclic) bond motifs is 2. The zero-order valence-corrected chi connectivity index (χ0v) is 14.6. The molecule has 0 saturated carbocycles. The van der Waals surface area contributed by atoms with Gasteiger partial charge in [0.15, 0.2) is 5.65 Å². The summed E-state index contributed by atoms with van der Waals surface area (Å²) in [5.74, 6) is 0. The number of H-pyrrole nitrogens is 1. The van der Waals surface area contributed by atoms with Crippen LogP contribution in [0.1, 0.15) is 0 Å². The first-order chi connectivity index (χ1) is 12.7. The van der Waals surface area contributed by atoms with E-state index in [2.05, 4.69) is 21.0 Å².